The molecule has 0 atom stereocenters. The fourth-order valence-corrected chi connectivity index (χ4v) is 3.28. The van der Waals surface area contributed by atoms with Gasteiger partial charge in [-0.25, -0.2) is 19.7 Å². The first kappa shape index (κ1) is 26.1. The third kappa shape index (κ3) is 7.73. The second-order valence-corrected chi connectivity index (χ2v) is 8.67. The maximum absolute atomic E-state index is 12.3. The van der Waals surface area contributed by atoms with Gasteiger partial charge in [0.25, 0.3) is 0 Å². The van der Waals surface area contributed by atoms with Crippen LogP contribution in [-0.4, -0.2) is 56.5 Å². The number of carbonyl (C=O) groups is 2. The SMILES string of the molecule is CCC(CC)N(NO)c1nc(SC)ncc1CCCN(C(C)=O)C(=O)OC(C)(C)C. The number of hydrazine groups is 1. The molecule has 1 aromatic rings. The number of ether oxygens (including phenoxy) is 1. The van der Waals surface area contributed by atoms with Gasteiger partial charge in [-0.15, -0.1) is 5.59 Å². The lowest BCUT2D eigenvalue weighted by Crippen LogP contribution is -2.45. The van der Waals surface area contributed by atoms with Crippen molar-refractivity contribution in [3.8, 4) is 0 Å². The summed E-state index contributed by atoms with van der Waals surface area (Å²) in [5.41, 5.74) is 2.40. The molecule has 0 saturated heterocycles. The molecule has 0 bridgehead atoms. The van der Waals surface area contributed by atoms with Crippen LogP contribution in [-0.2, 0) is 16.0 Å². The van der Waals surface area contributed by atoms with E-state index in [2.05, 4.69) is 15.6 Å². The van der Waals surface area contributed by atoms with Crippen LogP contribution >= 0.6 is 11.8 Å². The summed E-state index contributed by atoms with van der Waals surface area (Å²) in [7, 11) is 0. The minimum absolute atomic E-state index is 0.0498. The molecule has 0 aliphatic rings. The van der Waals surface area contributed by atoms with Gasteiger partial charge in [0.15, 0.2) is 11.0 Å². The average molecular weight is 442 g/mol. The van der Waals surface area contributed by atoms with Gasteiger partial charge in [0.2, 0.25) is 5.91 Å². The second-order valence-electron chi connectivity index (χ2n) is 7.90. The molecule has 0 unspecified atom stereocenters. The van der Waals surface area contributed by atoms with E-state index < -0.39 is 11.7 Å². The van der Waals surface area contributed by atoms with E-state index in [9.17, 15) is 14.8 Å². The van der Waals surface area contributed by atoms with E-state index in [0.29, 0.717) is 23.8 Å². The summed E-state index contributed by atoms with van der Waals surface area (Å²) in [4.78, 5) is 34.3. The zero-order valence-electron chi connectivity index (χ0n) is 19.1. The Morgan fingerprint density at radius 3 is 2.40 bits per heavy atom. The van der Waals surface area contributed by atoms with Gasteiger partial charge < -0.3 is 4.74 Å². The minimum atomic E-state index is -0.679. The Hall–Kier alpha value is -1.91. The summed E-state index contributed by atoms with van der Waals surface area (Å²) in [5.74, 6) is 0.228. The van der Waals surface area contributed by atoms with Crippen LogP contribution in [0.2, 0.25) is 0 Å². The number of aromatic nitrogens is 2. The molecule has 0 aromatic carbocycles. The van der Waals surface area contributed by atoms with Crippen LogP contribution in [0.3, 0.4) is 0 Å². The first-order chi connectivity index (χ1) is 14.1. The third-order valence-electron chi connectivity index (χ3n) is 4.47. The molecule has 10 heteroatoms. The summed E-state index contributed by atoms with van der Waals surface area (Å²) >= 11 is 1.42. The Bertz CT molecular complexity index is 707. The van der Waals surface area contributed by atoms with E-state index in [1.165, 1.54) is 18.7 Å². The maximum atomic E-state index is 12.3. The van der Waals surface area contributed by atoms with E-state index in [4.69, 9.17) is 4.74 Å². The van der Waals surface area contributed by atoms with E-state index in [1.54, 1.807) is 32.0 Å². The van der Waals surface area contributed by atoms with Crippen LogP contribution in [0.15, 0.2) is 11.4 Å². The van der Waals surface area contributed by atoms with Crippen LogP contribution in [0.25, 0.3) is 0 Å². The number of nitrogens with zero attached hydrogens (tertiary/aromatic N) is 4. The largest absolute Gasteiger partial charge is 0.443 e. The van der Waals surface area contributed by atoms with Crippen molar-refractivity contribution in [2.45, 2.75) is 84.0 Å². The van der Waals surface area contributed by atoms with Crippen molar-refractivity contribution >= 4 is 29.6 Å². The van der Waals surface area contributed by atoms with E-state index in [1.807, 2.05) is 20.1 Å². The number of anilines is 1. The standard InChI is InChI=1S/C20H35N5O4S/c1-8-16(9-2)25(23-28)17-15(13-21-18(22-17)30-7)11-10-12-24(14(3)26)19(27)29-20(4,5)6/h13,16,23,28H,8-12H2,1-7H3. The van der Waals surface area contributed by atoms with Gasteiger partial charge in [-0.3, -0.25) is 15.0 Å². The van der Waals surface area contributed by atoms with Gasteiger partial charge in [0, 0.05) is 31.3 Å². The molecule has 9 nitrogen and oxygen atoms in total. The second kappa shape index (κ2) is 12.1. The Morgan fingerprint density at radius 2 is 1.93 bits per heavy atom. The fourth-order valence-electron chi connectivity index (χ4n) is 2.94. The molecule has 0 spiro atoms. The summed E-state index contributed by atoms with van der Waals surface area (Å²) in [5, 5.41) is 12.0. The molecule has 0 saturated carbocycles. The quantitative estimate of drug-likeness (QED) is 0.318. The topological polar surface area (TPSA) is 108 Å². The maximum Gasteiger partial charge on any atom is 0.417 e. The first-order valence-electron chi connectivity index (χ1n) is 10.2. The number of hydrogen-bond donors (Lipinski definition) is 2. The van der Waals surface area contributed by atoms with Gasteiger partial charge in [0.05, 0.1) is 0 Å². The molecule has 2 amide bonds. The van der Waals surface area contributed by atoms with Gasteiger partial charge in [0.1, 0.15) is 5.60 Å². The lowest BCUT2D eigenvalue weighted by Gasteiger charge is -2.31. The fraction of sp³-hybridized carbons (Fsp3) is 0.700. The molecule has 1 rings (SSSR count). The lowest BCUT2D eigenvalue weighted by atomic mass is 10.1. The monoisotopic (exact) mass is 441 g/mol. The molecule has 30 heavy (non-hydrogen) atoms. The predicted octanol–water partition coefficient (Wildman–Crippen LogP) is 3.80. The van der Waals surface area contributed by atoms with Gasteiger partial charge in [-0.2, -0.15) is 0 Å². The molecule has 0 aliphatic heterocycles. The number of thioether (sulfide) groups is 1. The smallest absolute Gasteiger partial charge is 0.417 e. The lowest BCUT2D eigenvalue weighted by molar-refractivity contribution is -0.128. The number of hydrogen-bond acceptors (Lipinski definition) is 9. The molecule has 0 fully saturated rings. The van der Waals surface area contributed by atoms with Crippen LogP contribution in [0, 0.1) is 0 Å². The molecular formula is C20H35N5O4S. The van der Waals surface area contributed by atoms with Crippen molar-refractivity contribution in [3.63, 3.8) is 0 Å². The molecule has 1 aromatic heterocycles. The molecule has 0 radical (unpaired) electrons. The highest BCUT2D eigenvalue weighted by molar-refractivity contribution is 7.98. The normalized spacial score (nSPS) is 11.5. The van der Waals surface area contributed by atoms with Crippen LogP contribution in [0.1, 0.15) is 66.4 Å². The van der Waals surface area contributed by atoms with Crippen molar-refractivity contribution in [2.24, 2.45) is 0 Å². The molecule has 170 valence electrons. The van der Waals surface area contributed by atoms with Crippen molar-refractivity contribution < 1.29 is 19.5 Å². The van der Waals surface area contributed by atoms with Crippen LogP contribution in [0.4, 0.5) is 10.6 Å². The molecule has 1 heterocycles. The van der Waals surface area contributed by atoms with E-state index >= 15 is 0 Å². The summed E-state index contributed by atoms with van der Waals surface area (Å²) < 4.78 is 5.32. The number of amides is 2. The van der Waals surface area contributed by atoms with Gasteiger partial charge in [-0.05, 0) is 52.7 Å². The highest BCUT2D eigenvalue weighted by atomic mass is 32.2. The Morgan fingerprint density at radius 1 is 1.30 bits per heavy atom. The molecule has 0 aliphatic carbocycles. The predicted molar refractivity (Wildman–Crippen MR) is 118 cm³/mol. The van der Waals surface area contributed by atoms with Crippen molar-refractivity contribution in [1.82, 2.24) is 20.5 Å². The number of aryl methyl sites for hydroxylation is 1. The summed E-state index contributed by atoms with van der Waals surface area (Å²) in [6.45, 7) is 10.9. The number of nitrogens with one attached hydrogen (secondary N) is 1. The Kier molecular flexibility index (Phi) is 10.5. The van der Waals surface area contributed by atoms with Crippen molar-refractivity contribution in [3.05, 3.63) is 11.8 Å². The summed E-state index contributed by atoms with van der Waals surface area (Å²) in [6.07, 6.45) is 5.63. The zero-order valence-corrected chi connectivity index (χ0v) is 19.9. The number of carbonyl (C=O) groups excluding carboxylic acids is 2. The minimum Gasteiger partial charge on any atom is -0.443 e. The third-order valence-corrected chi connectivity index (χ3v) is 5.03. The van der Waals surface area contributed by atoms with Gasteiger partial charge in [-0.1, -0.05) is 25.6 Å². The van der Waals surface area contributed by atoms with E-state index in [-0.39, 0.29) is 18.5 Å². The van der Waals surface area contributed by atoms with Crippen LogP contribution < -0.4 is 10.6 Å². The van der Waals surface area contributed by atoms with E-state index in [0.717, 1.165) is 23.3 Å². The highest BCUT2D eigenvalue weighted by Crippen LogP contribution is 2.24. The number of imide groups is 1. The average Bonchev–Trinajstić information content (AvgIpc) is 2.67. The zero-order chi connectivity index (χ0) is 22.9. The molecule has 2 N–H and O–H groups in total. The first-order valence-corrected chi connectivity index (χ1v) is 11.4. The van der Waals surface area contributed by atoms with Gasteiger partial charge >= 0.3 is 6.09 Å². The van der Waals surface area contributed by atoms with Crippen molar-refractivity contribution in [2.75, 3.05) is 17.8 Å². The summed E-state index contributed by atoms with van der Waals surface area (Å²) in [6, 6.07) is 0.0498. The van der Waals surface area contributed by atoms with Crippen LogP contribution in [0.5, 0.6) is 0 Å². The Labute approximate surface area is 183 Å². The molecular weight excluding hydrogens is 406 g/mol. The van der Waals surface area contributed by atoms with Crippen molar-refractivity contribution in [1.29, 1.82) is 0 Å². The highest BCUT2D eigenvalue weighted by Gasteiger charge is 2.25. The number of rotatable bonds is 10. The Balaban J connectivity index is 3.01.